The Morgan fingerprint density at radius 3 is 2.50 bits per heavy atom. The molecule has 166 valence electrons. The number of ether oxygens (including phenoxy) is 1. The van der Waals surface area contributed by atoms with E-state index < -0.39 is 22.5 Å². The molecule has 0 heterocycles. The van der Waals surface area contributed by atoms with Crippen LogP contribution in [0.4, 0.5) is 5.69 Å². The van der Waals surface area contributed by atoms with Gasteiger partial charge in [-0.05, 0) is 37.3 Å². The number of carbonyl (C=O) groups is 1. The summed E-state index contributed by atoms with van der Waals surface area (Å²) in [5.41, 5.74) is 4.39. The largest absolute Gasteiger partial charge is 0.497 e. The van der Waals surface area contributed by atoms with Crippen LogP contribution < -0.4 is 14.5 Å². The monoisotopic (exact) mass is 515 g/mol. The molecule has 1 N–H and O–H groups in total. The van der Waals surface area contributed by atoms with Crippen LogP contribution in [0.2, 0.25) is 0 Å². The first-order valence-corrected chi connectivity index (χ1v) is 11.8. The van der Waals surface area contributed by atoms with Crippen LogP contribution in [-0.4, -0.2) is 34.2 Å². The lowest BCUT2D eigenvalue weighted by Gasteiger charge is -2.24. The maximum absolute atomic E-state index is 13.4. The second-order valence-electron chi connectivity index (χ2n) is 6.84. The molecule has 32 heavy (non-hydrogen) atoms. The second kappa shape index (κ2) is 10.4. The fourth-order valence-corrected chi connectivity index (χ4v) is 4.64. The Kier molecular flexibility index (Phi) is 7.66. The lowest BCUT2D eigenvalue weighted by atomic mass is 10.2. The molecular weight excluding hydrogens is 494 g/mol. The number of nitrogens with zero attached hydrogens (tertiary/aromatic N) is 2. The molecule has 0 fully saturated rings. The fourth-order valence-electron chi connectivity index (χ4n) is 2.84. The molecule has 0 aliphatic heterocycles. The van der Waals surface area contributed by atoms with Gasteiger partial charge < -0.3 is 4.74 Å². The summed E-state index contributed by atoms with van der Waals surface area (Å²) in [6, 6.07) is 20.3. The van der Waals surface area contributed by atoms with E-state index in [0.717, 1.165) is 19.9 Å². The first kappa shape index (κ1) is 23.5. The van der Waals surface area contributed by atoms with Gasteiger partial charge in [0.25, 0.3) is 15.9 Å². The highest BCUT2D eigenvalue weighted by molar-refractivity contribution is 9.10. The lowest BCUT2D eigenvalue weighted by molar-refractivity contribution is -0.119. The number of halogens is 1. The molecule has 0 saturated carbocycles. The zero-order valence-corrected chi connectivity index (χ0v) is 19.9. The number of methoxy groups -OCH3 is 1. The van der Waals surface area contributed by atoms with Crippen LogP contribution in [-0.2, 0) is 14.8 Å². The van der Waals surface area contributed by atoms with Crippen molar-refractivity contribution in [1.29, 1.82) is 0 Å². The van der Waals surface area contributed by atoms with Gasteiger partial charge in [-0.1, -0.05) is 57.9 Å². The molecule has 0 aliphatic rings. The fraction of sp³-hybridized carbons (Fsp3) is 0.130. The molecule has 7 nitrogen and oxygen atoms in total. The Balaban J connectivity index is 1.88. The summed E-state index contributed by atoms with van der Waals surface area (Å²) in [5, 5.41) is 3.95. The van der Waals surface area contributed by atoms with Gasteiger partial charge in [0.2, 0.25) is 0 Å². The van der Waals surface area contributed by atoms with Crippen LogP contribution in [0.5, 0.6) is 5.75 Å². The third-order valence-corrected chi connectivity index (χ3v) is 7.05. The van der Waals surface area contributed by atoms with E-state index in [2.05, 4.69) is 26.5 Å². The Hall–Kier alpha value is -3.17. The smallest absolute Gasteiger partial charge is 0.264 e. The Bertz CT molecular complexity index is 1230. The number of hydrogen-bond donors (Lipinski definition) is 1. The average molecular weight is 516 g/mol. The van der Waals surface area contributed by atoms with E-state index in [1.165, 1.54) is 25.5 Å². The number of amides is 1. The number of hydrogen-bond acceptors (Lipinski definition) is 5. The maximum atomic E-state index is 13.4. The number of hydrazone groups is 1. The second-order valence-corrected chi connectivity index (χ2v) is 9.56. The van der Waals surface area contributed by atoms with Crippen molar-refractivity contribution in [1.82, 2.24) is 5.43 Å². The van der Waals surface area contributed by atoms with Gasteiger partial charge in [-0.25, -0.2) is 13.8 Å². The van der Waals surface area contributed by atoms with Gasteiger partial charge in [-0.2, -0.15) is 5.10 Å². The highest BCUT2D eigenvalue weighted by Crippen LogP contribution is 2.27. The van der Waals surface area contributed by atoms with Crippen molar-refractivity contribution >= 4 is 43.8 Å². The summed E-state index contributed by atoms with van der Waals surface area (Å²) in [5.74, 6) is -0.120. The molecular formula is C23H22BrN3O4S. The number of anilines is 1. The van der Waals surface area contributed by atoms with Crippen LogP contribution in [0.15, 0.2) is 87.3 Å². The number of benzene rings is 3. The SMILES string of the molecule is COc1cccc(N(CC(=O)N/N=C/c2ccccc2Br)S(=O)(=O)c2ccc(C)cc2)c1. The van der Waals surface area contributed by atoms with Gasteiger partial charge in [0.05, 0.1) is 23.9 Å². The van der Waals surface area contributed by atoms with E-state index in [9.17, 15) is 13.2 Å². The molecule has 0 saturated heterocycles. The topological polar surface area (TPSA) is 88.1 Å². The predicted molar refractivity (Wildman–Crippen MR) is 129 cm³/mol. The number of sulfonamides is 1. The summed E-state index contributed by atoms with van der Waals surface area (Å²) in [7, 11) is -2.53. The minimum atomic E-state index is -4.02. The molecule has 0 aliphatic carbocycles. The van der Waals surface area contributed by atoms with Crippen molar-refractivity contribution in [3.63, 3.8) is 0 Å². The van der Waals surface area contributed by atoms with Gasteiger partial charge >= 0.3 is 0 Å². The zero-order chi connectivity index (χ0) is 23.1. The minimum absolute atomic E-state index is 0.0791. The summed E-state index contributed by atoms with van der Waals surface area (Å²) in [6.07, 6.45) is 1.48. The molecule has 0 bridgehead atoms. The molecule has 3 rings (SSSR count). The normalized spacial score (nSPS) is 11.3. The molecule has 9 heteroatoms. The van der Waals surface area contributed by atoms with Crippen molar-refractivity contribution in [3.05, 3.63) is 88.4 Å². The van der Waals surface area contributed by atoms with E-state index in [1.54, 1.807) is 36.4 Å². The number of aryl methyl sites for hydroxylation is 1. The van der Waals surface area contributed by atoms with E-state index in [-0.39, 0.29) is 4.90 Å². The quantitative estimate of drug-likeness (QED) is 0.361. The van der Waals surface area contributed by atoms with Crippen LogP contribution >= 0.6 is 15.9 Å². The van der Waals surface area contributed by atoms with E-state index in [1.807, 2.05) is 31.2 Å². The standard InChI is InChI=1S/C23H22BrN3O4S/c1-17-10-12-21(13-11-17)32(29,30)27(19-7-5-8-20(14-19)31-2)16-23(28)26-25-15-18-6-3-4-9-22(18)24/h3-15H,16H2,1-2H3,(H,26,28)/b25-15+. The zero-order valence-electron chi connectivity index (χ0n) is 17.5. The predicted octanol–water partition coefficient (Wildman–Crippen LogP) is 4.11. The molecule has 0 unspecified atom stereocenters. The summed E-state index contributed by atoms with van der Waals surface area (Å²) in [4.78, 5) is 12.7. The molecule has 0 aromatic heterocycles. The maximum Gasteiger partial charge on any atom is 0.264 e. The van der Waals surface area contributed by atoms with E-state index in [0.29, 0.717) is 11.4 Å². The minimum Gasteiger partial charge on any atom is -0.497 e. The van der Waals surface area contributed by atoms with Crippen LogP contribution in [0.25, 0.3) is 0 Å². The summed E-state index contributed by atoms with van der Waals surface area (Å²) < 4.78 is 33.8. The van der Waals surface area contributed by atoms with E-state index in [4.69, 9.17) is 4.74 Å². The van der Waals surface area contributed by atoms with Crippen molar-refractivity contribution in [3.8, 4) is 5.75 Å². The number of rotatable bonds is 8. The van der Waals surface area contributed by atoms with Crippen molar-refractivity contribution in [2.75, 3.05) is 18.0 Å². The Morgan fingerprint density at radius 2 is 1.81 bits per heavy atom. The Labute approximate surface area is 195 Å². The Morgan fingerprint density at radius 1 is 1.09 bits per heavy atom. The summed E-state index contributed by atoms with van der Waals surface area (Å²) >= 11 is 3.40. The van der Waals surface area contributed by atoms with Gasteiger partial charge in [0, 0.05) is 16.1 Å². The highest BCUT2D eigenvalue weighted by atomic mass is 79.9. The average Bonchev–Trinajstić information content (AvgIpc) is 2.79. The first-order valence-electron chi connectivity index (χ1n) is 9.61. The van der Waals surface area contributed by atoms with Gasteiger partial charge in [-0.3, -0.25) is 9.10 Å². The molecule has 0 atom stereocenters. The van der Waals surface area contributed by atoms with Gasteiger partial charge in [0.15, 0.2) is 0 Å². The molecule has 1 amide bonds. The van der Waals surface area contributed by atoms with Crippen LogP contribution in [0, 0.1) is 6.92 Å². The third-order valence-electron chi connectivity index (χ3n) is 4.54. The van der Waals surface area contributed by atoms with Gasteiger partial charge in [-0.15, -0.1) is 0 Å². The molecule has 0 spiro atoms. The first-order chi connectivity index (χ1) is 15.3. The molecule has 0 radical (unpaired) electrons. The van der Waals surface area contributed by atoms with E-state index >= 15 is 0 Å². The summed E-state index contributed by atoms with van der Waals surface area (Å²) in [6.45, 7) is 1.41. The van der Waals surface area contributed by atoms with Crippen molar-refractivity contribution < 1.29 is 17.9 Å². The van der Waals surface area contributed by atoms with Crippen LogP contribution in [0.1, 0.15) is 11.1 Å². The lowest BCUT2D eigenvalue weighted by Crippen LogP contribution is -2.39. The van der Waals surface area contributed by atoms with Crippen molar-refractivity contribution in [2.24, 2.45) is 5.10 Å². The molecule has 3 aromatic rings. The number of nitrogens with one attached hydrogen (secondary N) is 1. The van der Waals surface area contributed by atoms with Gasteiger partial charge in [0.1, 0.15) is 12.3 Å². The highest BCUT2D eigenvalue weighted by Gasteiger charge is 2.27. The third kappa shape index (κ3) is 5.74. The number of carbonyl (C=O) groups excluding carboxylic acids is 1. The molecule has 3 aromatic carbocycles. The van der Waals surface area contributed by atoms with Crippen molar-refractivity contribution in [2.45, 2.75) is 11.8 Å². The van der Waals surface area contributed by atoms with Crippen LogP contribution in [0.3, 0.4) is 0 Å².